The standard InChI is InChI=1S/C23H35N7O2.HI/c1-5-24-23(30-11-12-32-21(17-30)20-15-27-29(4)16-20)26-14-18-7-6-8-19(13-18)22(31)25-9-10-28(2)3;/h6-8,13,15-16,21H,5,9-12,14,17H2,1-4H3,(H,24,26)(H,25,31);1H. The van der Waals surface area contributed by atoms with Crippen molar-refractivity contribution in [1.82, 2.24) is 30.2 Å². The fourth-order valence-electron chi connectivity index (χ4n) is 3.55. The van der Waals surface area contributed by atoms with Crippen LogP contribution in [-0.4, -0.2) is 84.9 Å². The van der Waals surface area contributed by atoms with E-state index >= 15 is 0 Å². The van der Waals surface area contributed by atoms with E-state index < -0.39 is 0 Å². The lowest BCUT2D eigenvalue weighted by Gasteiger charge is -2.34. The van der Waals surface area contributed by atoms with Crippen LogP contribution in [0.25, 0.3) is 0 Å². The van der Waals surface area contributed by atoms with E-state index in [9.17, 15) is 4.79 Å². The molecule has 1 aromatic carbocycles. The number of morpholine rings is 1. The Hall–Kier alpha value is -2.18. The molecule has 0 saturated carbocycles. The molecule has 3 rings (SSSR count). The highest BCUT2D eigenvalue weighted by Crippen LogP contribution is 2.21. The molecular weight excluding hydrogens is 533 g/mol. The van der Waals surface area contributed by atoms with Gasteiger partial charge < -0.3 is 25.2 Å². The highest BCUT2D eigenvalue weighted by molar-refractivity contribution is 14.0. The summed E-state index contributed by atoms with van der Waals surface area (Å²) in [7, 11) is 5.88. The van der Waals surface area contributed by atoms with Crippen LogP contribution in [0.1, 0.15) is 34.5 Å². The van der Waals surface area contributed by atoms with Crippen LogP contribution in [0.15, 0.2) is 41.7 Å². The smallest absolute Gasteiger partial charge is 0.251 e. The van der Waals surface area contributed by atoms with Crippen molar-refractivity contribution >= 4 is 35.8 Å². The summed E-state index contributed by atoms with van der Waals surface area (Å²) in [5, 5.41) is 10.6. The molecule has 1 aliphatic rings. The second-order valence-corrected chi connectivity index (χ2v) is 8.18. The number of rotatable bonds is 8. The average Bonchev–Trinajstić information content (AvgIpc) is 3.23. The van der Waals surface area contributed by atoms with Crippen molar-refractivity contribution in [3.8, 4) is 0 Å². The Kier molecular flexibility index (Phi) is 11.1. The minimum Gasteiger partial charge on any atom is -0.370 e. The highest BCUT2D eigenvalue weighted by Gasteiger charge is 2.25. The van der Waals surface area contributed by atoms with Crippen molar-refractivity contribution in [1.29, 1.82) is 0 Å². The van der Waals surface area contributed by atoms with Gasteiger partial charge in [0.05, 0.1) is 25.9 Å². The zero-order chi connectivity index (χ0) is 22.9. The van der Waals surface area contributed by atoms with Crippen LogP contribution in [0, 0.1) is 0 Å². The third-order valence-corrected chi connectivity index (χ3v) is 5.24. The van der Waals surface area contributed by atoms with E-state index in [4.69, 9.17) is 9.73 Å². The van der Waals surface area contributed by atoms with E-state index in [1.54, 1.807) is 4.68 Å². The maximum absolute atomic E-state index is 12.4. The summed E-state index contributed by atoms with van der Waals surface area (Å²) in [4.78, 5) is 21.5. The second kappa shape index (κ2) is 13.5. The number of aliphatic imine (C=N–C) groups is 1. The molecule has 0 spiro atoms. The van der Waals surface area contributed by atoms with Crippen molar-refractivity contribution in [2.75, 3.05) is 53.4 Å². The number of guanidine groups is 1. The molecule has 0 radical (unpaired) electrons. The number of aromatic nitrogens is 2. The number of likely N-dealkylation sites (N-methyl/N-ethyl adjacent to an activating group) is 1. The molecule has 1 amide bonds. The van der Waals surface area contributed by atoms with Crippen molar-refractivity contribution in [3.63, 3.8) is 0 Å². The van der Waals surface area contributed by atoms with Crippen LogP contribution in [-0.2, 0) is 18.3 Å². The number of amides is 1. The lowest BCUT2D eigenvalue weighted by molar-refractivity contribution is -0.00805. The van der Waals surface area contributed by atoms with E-state index in [2.05, 4.69) is 27.6 Å². The number of aryl methyl sites for hydroxylation is 1. The van der Waals surface area contributed by atoms with E-state index in [1.807, 2.05) is 62.7 Å². The molecule has 1 aliphatic heterocycles. The van der Waals surface area contributed by atoms with Gasteiger partial charge in [-0.25, -0.2) is 4.99 Å². The SMILES string of the molecule is CCNC(=NCc1cccc(C(=O)NCCN(C)C)c1)N1CCOC(c2cnn(C)c2)C1.I. The Bertz CT molecular complexity index is 916. The molecule has 2 N–H and O–H groups in total. The molecule has 2 aromatic rings. The fraction of sp³-hybridized carbons (Fsp3) is 0.522. The number of benzene rings is 1. The quantitative estimate of drug-likeness (QED) is 0.287. The molecule has 2 heterocycles. The van der Waals surface area contributed by atoms with Gasteiger partial charge in [0.15, 0.2) is 5.96 Å². The third kappa shape index (κ3) is 8.27. The van der Waals surface area contributed by atoms with Crippen molar-refractivity contribution in [2.24, 2.45) is 12.0 Å². The molecule has 1 aromatic heterocycles. The van der Waals surface area contributed by atoms with Gasteiger partial charge in [0, 0.05) is 50.6 Å². The molecule has 1 atom stereocenters. The lowest BCUT2D eigenvalue weighted by atomic mass is 10.1. The lowest BCUT2D eigenvalue weighted by Crippen LogP contribution is -2.48. The minimum atomic E-state index is -0.0583. The number of nitrogens with zero attached hydrogens (tertiary/aromatic N) is 5. The van der Waals surface area contributed by atoms with Gasteiger partial charge in [0.1, 0.15) is 6.10 Å². The molecule has 1 saturated heterocycles. The van der Waals surface area contributed by atoms with Crippen LogP contribution in [0.4, 0.5) is 0 Å². The number of nitrogens with one attached hydrogen (secondary N) is 2. The predicted molar refractivity (Wildman–Crippen MR) is 141 cm³/mol. The maximum Gasteiger partial charge on any atom is 0.251 e. The van der Waals surface area contributed by atoms with Gasteiger partial charge in [-0.15, -0.1) is 24.0 Å². The van der Waals surface area contributed by atoms with Gasteiger partial charge in [0.2, 0.25) is 0 Å². The van der Waals surface area contributed by atoms with Crippen LogP contribution in [0.5, 0.6) is 0 Å². The van der Waals surface area contributed by atoms with Gasteiger partial charge in [-0.2, -0.15) is 5.10 Å². The number of ether oxygens (including phenoxy) is 1. The van der Waals surface area contributed by atoms with Crippen molar-refractivity contribution in [2.45, 2.75) is 19.6 Å². The van der Waals surface area contributed by atoms with E-state index in [0.29, 0.717) is 31.8 Å². The largest absolute Gasteiger partial charge is 0.370 e. The number of carbonyl (C=O) groups excluding carboxylic acids is 1. The van der Waals surface area contributed by atoms with E-state index in [1.165, 1.54) is 0 Å². The number of hydrogen-bond acceptors (Lipinski definition) is 5. The normalized spacial score (nSPS) is 16.5. The number of hydrogen-bond donors (Lipinski definition) is 2. The molecule has 1 unspecified atom stereocenters. The molecule has 33 heavy (non-hydrogen) atoms. The van der Waals surface area contributed by atoms with Crippen LogP contribution >= 0.6 is 24.0 Å². The fourth-order valence-corrected chi connectivity index (χ4v) is 3.55. The Morgan fingerprint density at radius 2 is 2.15 bits per heavy atom. The zero-order valence-electron chi connectivity index (χ0n) is 20.0. The average molecular weight is 569 g/mol. The second-order valence-electron chi connectivity index (χ2n) is 8.18. The molecule has 0 aliphatic carbocycles. The third-order valence-electron chi connectivity index (χ3n) is 5.24. The number of halogens is 1. The van der Waals surface area contributed by atoms with Crippen LogP contribution in [0.2, 0.25) is 0 Å². The van der Waals surface area contributed by atoms with Gasteiger partial charge in [0.25, 0.3) is 5.91 Å². The first kappa shape index (κ1) is 27.1. The summed E-state index contributed by atoms with van der Waals surface area (Å²) in [5.41, 5.74) is 2.73. The predicted octanol–water partition coefficient (Wildman–Crippen LogP) is 1.87. The topological polar surface area (TPSA) is 87.0 Å². The Morgan fingerprint density at radius 3 is 2.85 bits per heavy atom. The summed E-state index contributed by atoms with van der Waals surface area (Å²) < 4.78 is 7.75. The Balaban J connectivity index is 0.00000385. The summed E-state index contributed by atoms with van der Waals surface area (Å²) in [6.45, 7) is 6.88. The molecule has 10 heteroatoms. The van der Waals surface area contributed by atoms with E-state index in [0.717, 1.165) is 36.7 Å². The monoisotopic (exact) mass is 569 g/mol. The van der Waals surface area contributed by atoms with Crippen molar-refractivity contribution in [3.05, 3.63) is 53.3 Å². The van der Waals surface area contributed by atoms with Crippen molar-refractivity contribution < 1.29 is 9.53 Å². The maximum atomic E-state index is 12.4. The molecule has 182 valence electrons. The summed E-state index contributed by atoms with van der Waals surface area (Å²) >= 11 is 0. The van der Waals surface area contributed by atoms with Crippen LogP contribution in [0.3, 0.4) is 0 Å². The summed E-state index contributed by atoms with van der Waals surface area (Å²) in [5.74, 6) is 0.794. The highest BCUT2D eigenvalue weighted by atomic mass is 127. The first-order valence-corrected chi connectivity index (χ1v) is 11.1. The van der Waals surface area contributed by atoms with Gasteiger partial charge in [-0.1, -0.05) is 12.1 Å². The van der Waals surface area contributed by atoms with Gasteiger partial charge in [-0.3, -0.25) is 9.48 Å². The molecule has 0 bridgehead atoms. The first-order valence-electron chi connectivity index (χ1n) is 11.1. The molecule has 1 fully saturated rings. The Labute approximate surface area is 213 Å². The minimum absolute atomic E-state index is 0. The number of carbonyl (C=O) groups is 1. The summed E-state index contributed by atoms with van der Waals surface area (Å²) in [6, 6.07) is 7.66. The molecular formula is C23H36IN7O2. The van der Waals surface area contributed by atoms with Gasteiger partial charge in [-0.05, 0) is 38.7 Å². The zero-order valence-corrected chi connectivity index (χ0v) is 22.3. The van der Waals surface area contributed by atoms with Crippen LogP contribution < -0.4 is 10.6 Å². The van der Waals surface area contributed by atoms with Gasteiger partial charge >= 0.3 is 0 Å². The Morgan fingerprint density at radius 1 is 1.33 bits per heavy atom. The first-order chi connectivity index (χ1) is 15.5. The summed E-state index contributed by atoms with van der Waals surface area (Å²) in [6.07, 6.45) is 3.82. The van der Waals surface area contributed by atoms with E-state index in [-0.39, 0.29) is 36.0 Å². The molecule has 9 nitrogen and oxygen atoms in total.